The van der Waals surface area contributed by atoms with Crippen LogP contribution in [0, 0.1) is 0 Å². The number of unbranched alkanes of at least 4 members (excludes halogenated alkanes) is 20. The van der Waals surface area contributed by atoms with Crippen LogP contribution in [0.3, 0.4) is 0 Å². The molecule has 0 spiro atoms. The fraction of sp³-hybridized carbons (Fsp3) is 1.00. The molecule has 0 aromatic carbocycles. The van der Waals surface area contributed by atoms with E-state index < -0.39 is 0 Å². The second-order valence-electron chi connectivity index (χ2n) is 10.5. The minimum atomic E-state index is 1.05. The summed E-state index contributed by atoms with van der Waals surface area (Å²) >= 11 is 0. The number of nitrogens with one attached hydrogen (secondary N) is 1. The first-order chi connectivity index (χ1) is 16.2. The monoisotopic (exact) mass is 469 g/mol. The van der Waals surface area contributed by atoms with Crippen molar-refractivity contribution in [3.8, 4) is 0 Å². The van der Waals surface area contributed by atoms with Gasteiger partial charge in [0.2, 0.25) is 0 Å². The molecule has 0 amide bonds. The van der Waals surface area contributed by atoms with Crippen LogP contribution in [-0.4, -0.2) is 31.7 Å². The number of rotatable bonds is 26. The molecule has 0 radical (unpaired) electrons. The molecule has 0 saturated carbocycles. The van der Waals surface area contributed by atoms with Gasteiger partial charge in [0.15, 0.2) is 0 Å². The Bertz CT molecular complexity index is 287. The van der Waals surface area contributed by atoms with Gasteiger partial charge in [-0.15, -0.1) is 0 Å². The Labute approximate surface area is 212 Å². The van der Waals surface area contributed by atoms with Gasteiger partial charge in [-0.05, 0) is 33.0 Å². The Morgan fingerprint density at radius 1 is 0.394 bits per heavy atom. The van der Waals surface area contributed by atoms with Gasteiger partial charge in [-0.1, -0.05) is 163 Å². The molecule has 0 unspecified atom stereocenters. The van der Waals surface area contributed by atoms with Crippen molar-refractivity contribution in [1.29, 1.82) is 0 Å². The maximum atomic E-state index is 3.45. The molecule has 33 heavy (non-hydrogen) atoms. The van der Waals surface area contributed by atoms with Crippen molar-refractivity contribution in [3.63, 3.8) is 0 Å². The fourth-order valence-corrected chi connectivity index (χ4v) is 4.25. The molecule has 0 bridgehead atoms. The van der Waals surface area contributed by atoms with E-state index in [1.165, 1.54) is 161 Å². The van der Waals surface area contributed by atoms with Crippen LogP contribution in [0.15, 0.2) is 0 Å². The summed E-state index contributed by atoms with van der Waals surface area (Å²) in [5.41, 5.74) is 0. The van der Waals surface area contributed by atoms with Gasteiger partial charge < -0.3 is 5.32 Å². The molecule has 0 aliphatic carbocycles. The topological polar surface area (TPSA) is 15.3 Å². The highest BCUT2D eigenvalue weighted by Crippen LogP contribution is 2.14. The van der Waals surface area contributed by atoms with E-state index in [-0.39, 0.29) is 0 Å². The summed E-state index contributed by atoms with van der Waals surface area (Å²) in [4.78, 5) is 2.36. The molecule has 0 aliphatic heterocycles. The minimum Gasteiger partial charge on any atom is -0.304 e. The molecule has 0 fully saturated rings. The maximum absolute atomic E-state index is 3.45. The molecular formula is C31H68N2. The quantitative estimate of drug-likeness (QED) is 0.100. The first-order valence-corrected chi connectivity index (χ1v) is 15.6. The number of hydrogen-bond donors (Lipinski definition) is 1. The molecular weight excluding hydrogens is 400 g/mol. The first-order valence-electron chi connectivity index (χ1n) is 15.6. The molecule has 0 aromatic heterocycles. The zero-order chi connectivity index (χ0) is 24.7. The van der Waals surface area contributed by atoms with E-state index in [1.54, 1.807) is 0 Å². The van der Waals surface area contributed by atoms with Crippen LogP contribution in [0.25, 0.3) is 0 Å². The SMILES string of the molecule is CCCCCCCCCCCCCCCCCCCC.CCCCCNCN(C)CCCC. The van der Waals surface area contributed by atoms with Crippen LogP contribution in [0.4, 0.5) is 0 Å². The Kier molecular flexibility index (Phi) is 36.2. The van der Waals surface area contributed by atoms with Crippen molar-refractivity contribution < 1.29 is 0 Å². The normalized spacial score (nSPS) is 11.1. The fourth-order valence-electron chi connectivity index (χ4n) is 4.25. The summed E-state index contributed by atoms with van der Waals surface area (Å²) in [6.07, 6.45) is 33.0. The third-order valence-corrected chi connectivity index (χ3v) is 6.69. The molecule has 1 N–H and O–H groups in total. The lowest BCUT2D eigenvalue weighted by Gasteiger charge is -2.16. The summed E-state index contributed by atoms with van der Waals surface area (Å²) in [7, 11) is 2.18. The first kappa shape index (κ1) is 35.1. The zero-order valence-electron chi connectivity index (χ0n) is 24.3. The summed E-state index contributed by atoms with van der Waals surface area (Å²) in [6.45, 7) is 12.5. The lowest BCUT2D eigenvalue weighted by Crippen LogP contribution is -2.32. The highest BCUT2D eigenvalue weighted by Gasteiger charge is 1.96. The third kappa shape index (κ3) is 36.7. The van der Waals surface area contributed by atoms with Crippen LogP contribution in [0.5, 0.6) is 0 Å². The molecule has 2 nitrogen and oxygen atoms in total. The molecule has 2 heteroatoms. The second kappa shape index (κ2) is 34.1. The lowest BCUT2D eigenvalue weighted by atomic mass is 10.0. The molecule has 0 aromatic rings. The van der Waals surface area contributed by atoms with Crippen molar-refractivity contribution in [2.24, 2.45) is 0 Å². The third-order valence-electron chi connectivity index (χ3n) is 6.69. The predicted molar refractivity (Wildman–Crippen MR) is 154 cm³/mol. The van der Waals surface area contributed by atoms with E-state index in [2.05, 4.69) is 45.0 Å². The highest BCUT2D eigenvalue weighted by molar-refractivity contribution is 4.51. The van der Waals surface area contributed by atoms with Crippen molar-refractivity contribution in [3.05, 3.63) is 0 Å². The van der Waals surface area contributed by atoms with Gasteiger partial charge in [0.25, 0.3) is 0 Å². The van der Waals surface area contributed by atoms with E-state index in [4.69, 9.17) is 0 Å². The Hall–Kier alpha value is -0.0800. The Balaban J connectivity index is 0. The van der Waals surface area contributed by atoms with Gasteiger partial charge in [0.1, 0.15) is 0 Å². The number of nitrogens with zero attached hydrogens (tertiary/aromatic N) is 1. The summed E-state index contributed by atoms with van der Waals surface area (Å²) in [5, 5.41) is 3.45. The van der Waals surface area contributed by atoms with Crippen molar-refractivity contribution >= 4 is 0 Å². The zero-order valence-corrected chi connectivity index (χ0v) is 24.3. The Morgan fingerprint density at radius 2 is 0.697 bits per heavy atom. The Morgan fingerprint density at radius 3 is 1.03 bits per heavy atom. The van der Waals surface area contributed by atoms with Crippen LogP contribution in [-0.2, 0) is 0 Å². The predicted octanol–water partition coefficient (Wildman–Crippen LogP) is 10.5. The van der Waals surface area contributed by atoms with Crippen LogP contribution < -0.4 is 5.32 Å². The van der Waals surface area contributed by atoms with Gasteiger partial charge in [-0.2, -0.15) is 0 Å². The van der Waals surface area contributed by atoms with Crippen molar-refractivity contribution in [2.75, 3.05) is 26.8 Å². The minimum absolute atomic E-state index is 1.05. The summed E-state index contributed by atoms with van der Waals surface area (Å²) < 4.78 is 0. The van der Waals surface area contributed by atoms with Gasteiger partial charge in [0.05, 0.1) is 0 Å². The van der Waals surface area contributed by atoms with E-state index in [9.17, 15) is 0 Å². The molecule has 0 rings (SSSR count). The lowest BCUT2D eigenvalue weighted by molar-refractivity contribution is 0.301. The van der Waals surface area contributed by atoms with E-state index >= 15 is 0 Å². The average Bonchev–Trinajstić information content (AvgIpc) is 2.83. The molecule has 0 aliphatic rings. The van der Waals surface area contributed by atoms with Crippen LogP contribution >= 0.6 is 0 Å². The second-order valence-corrected chi connectivity index (χ2v) is 10.5. The van der Waals surface area contributed by atoms with Crippen LogP contribution in [0.1, 0.15) is 175 Å². The molecule has 0 atom stereocenters. The van der Waals surface area contributed by atoms with Gasteiger partial charge in [-0.25, -0.2) is 0 Å². The van der Waals surface area contributed by atoms with Crippen LogP contribution in [0.2, 0.25) is 0 Å². The standard InChI is InChI=1S/C20H42.C11H26N2/c1-3-5-7-9-11-13-15-17-19-20-18-16-14-12-10-8-6-4-2;1-4-6-8-9-12-11-13(3)10-7-5-2/h3-20H2,1-2H3;12H,4-11H2,1-3H3. The van der Waals surface area contributed by atoms with Crippen molar-refractivity contribution in [1.82, 2.24) is 10.2 Å². The van der Waals surface area contributed by atoms with E-state index in [0.29, 0.717) is 0 Å². The molecule has 0 heterocycles. The smallest absolute Gasteiger partial charge is 0.0477 e. The van der Waals surface area contributed by atoms with Gasteiger partial charge in [-0.3, -0.25) is 4.90 Å². The largest absolute Gasteiger partial charge is 0.304 e. The highest BCUT2D eigenvalue weighted by atomic mass is 15.2. The molecule has 202 valence electrons. The number of hydrogen-bond acceptors (Lipinski definition) is 2. The summed E-state index contributed by atoms with van der Waals surface area (Å²) in [6, 6.07) is 0. The van der Waals surface area contributed by atoms with Gasteiger partial charge >= 0.3 is 0 Å². The van der Waals surface area contributed by atoms with Gasteiger partial charge in [0, 0.05) is 6.67 Å². The van der Waals surface area contributed by atoms with Crippen molar-refractivity contribution in [2.45, 2.75) is 175 Å². The van der Waals surface area contributed by atoms with E-state index in [1.807, 2.05) is 0 Å². The maximum Gasteiger partial charge on any atom is 0.0477 e. The summed E-state index contributed by atoms with van der Waals surface area (Å²) in [5.74, 6) is 0. The average molecular weight is 469 g/mol. The van der Waals surface area contributed by atoms with E-state index in [0.717, 1.165) is 6.67 Å². The molecule has 0 saturated heterocycles.